The Balaban J connectivity index is 2.46. The molecule has 1 atom stereocenters. The summed E-state index contributed by atoms with van der Waals surface area (Å²) in [6.45, 7) is 4.33. The van der Waals surface area contributed by atoms with Gasteiger partial charge in [0, 0.05) is 11.1 Å². The summed E-state index contributed by atoms with van der Waals surface area (Å²) in [6, 6.07) is 7.25. The highest BCUT2D eigenvalue weighted by molar-refractivity contribution is 9.10. The number of rotatable bonds is 7. The van der Waals surface area contributed by atoms with E-state index in [2.05, 4.69) is 15.9 Å². The van der Waals surface area contributed by atoms with Crippen molar-refractivity contribution in [1.82, 2.24) is 0 Å². The topological polar surface area (TPSA) is 55.8 Å². The Morgan fingerprint density at radius 3 is 2.58 bits per heavy atom. The van der Waals surface area contributed by atoms with Gasteiger partial charge in [-0.1, -0.05) is 28.1 Å². The third kappa shape index (κ3) is 5.72. The molecule has 0 aliphatic carbocycles. The number of hydrogen-bond acceptors (Lipinski definition) is 4. The van der Waals surface area contributed by atoms with Crippen molar-refractivity contribution in [3.05, 3.63) is 34.3 Å². The van der Waals surface area contributed by atoms with Crippen molar-refractivity contribution in [2.45, 2.75) is 25.9 Å². The van der Waals surface area contributed by atoms with Gasteiger partial charge < -0.3 is 14.6 Å². The van der Waals surface area contributed by atoms with E-state index in [-0.39, 0.29) is 19.0 Å². The van der Waals surface area contributed by atoms with E-state index in [0.29, 0.717) is 18.8 Å². The Kier molecular flexibility index (Phi) is 6.48. The number of hydrogen-bond donors (Lipinski definition) is 1. The van der Waals surface area contributed by atoms with Gasteiger partial charge in [0.1, 0.15) is 12.2 Å². The standard InChI is InChI=1S/C14H19BrO4/c1-3-18-9-8-13(16)19-10-14(2,17)11-4-6-12(15)7-5-11/h4-7,17H,3,8-10H2,1-2H3/t14-/m0/s1. The van der Waals surface area contributed by atoms with Crippen molar-refractivity contribution in [1.29, 1.82) is 0 Å². The fraction of sp³-hybridized carbons (Fsp3) is 0.500. The summed E-state index contributed by atoms with van der Waals surface area (Å²) in [6.07, 6.45) is 0.199. The van der Waals surface area contributed by atoms with E-state index in [1.54, 1.807) is 19.1 Å². The zero-order chi connectivity index (χ0) is 14.3. The Morgan fingerprint density at radius 2 is 2.00 bits per heavy atom. The van der Waals surface area contributed by atoms with E-state index >= 15 is 0 Å². The van der Waals surface area contributed by atoms with Crippen LogP contribution in [-0.2, 0) is 19.9 Å². The first-order valence-corrected chi connectivity index (χ1v) is 6.97. The Morgan fingerprint density at radius 1 is 1.37 bits per heavy atom. The van der Waals surface area contributed by atoms with E-state index < -0.39 is 5.60 Å². The average molecular weight is 331 g/mol. The molecule has 5 heteroatoms. The lowest BCUT2D eigenvalue weighted by Gasteiger charge is -2.23. The number of halogens is 1. The van der Waals surface area contributed by atoms with Crippen LogP contribution in [0.3, 0.4) is 0 Å². The molecule has 0 heterocycles. The smallest absolute Gasteiger partial charge is 0.308 e. The molecule has 0 aliphatic heterocycles. The van der Waals surface area contributed by atoms with Crippen LogP contribution in [-0.4, -0.2) is 30.9 Å². The lowest BCUT2D eigenvalue weighted by atomic mass is 9.97. The lowest BCUT2D eigenvalue weighted by Crippen LogP contribution is -2.29. The molecule has 0 saturated heterocycles. The van der Waals surface area contributed by atoms with Crippen molar-refractivity contribution in [3.63, 3.8) is 0 Å². The number of ether oxygens (including phenoxy) is 2. The molecule has 1 aromatic carbocycles. The van der Waals surface area contributed by atoms with E-state index in [0.717, 1.165) is 4.47 Å². The molecule has 0 amide bonds. The number of benzene rings is 1. The molecule has 0 radical (unpaired) electrons. The lowest BCUT2D eigenvalue weighted by molar-refractivity contribution is -0.152. The molecule has 1 aromatic rings. The van der Waals surface area contributed by atoms with Gasteiger partial charge in [-0.25, -0.2) is 0 Å². The molecule has 0 aliphatic rings. The first kappa shape index (κ1) is 16.1. The van der Waals surface area contributed by atoms with Crippen LogP contribution < -0.4 is 0 Å². The van der Waals surface area contributed by atoms with Crippen LogP contribution in [0, 0.1) is 0 Å². The summed E-state index contributed by atoms with van der Waals surface area (Å²) in [4.78, 5) is 11.4. The molecule has 19 heavy (non-hydrogen) atoms. The Bertz CT molecular complexity index is 400. The maximum Gasteiger partial charge on any atom is 0.308 e. The summed E-state index contributed by atoms with van der Waals surface area (Å²) < 4.78 is 11.1. The summed E-state index contributed by atoms with van der Waals surface area (Å²) in [5.74, 6) is -0.370. The molecule has 0 spiro atoms. The largest absolute Gasteiger partial charge is 0.462 e. The number of carbonyl (C=O) groups is 1. The SMILES string of the molecule is CCOCCC(=O)OC[C@](C)(O)c1ccc(Br)cc1. The van der Waals surface area contributed by atoms with Crippen LogP contribution >= 0.6 is 15.9 Å². The van der Waals surface area contributed by atoms with E-state index in [9.17, 15) is 9.90 Å². The zero-order valence-corrected chi connectivity index (χ0v) is 12.8. The van der Waals surface area contributed by atoms with Crippen molar-refractivity contribution in [3.8, 4) is 0 Å². The molecule has 106 valence electrons. The normalized spacial score (nSPS) is 13.9. The van der Waals surface area contributed by atoms with Crippen LogP contribution in [0.25, 0.3) is 0 Å². The van der Waals surface area contributed by atoms with E-state index in [4.69, 9.17) is 9.47 Å². The van der Waals surface area contributed by atoms with E-state index in [1.165, 1.54) is 0 Å². The number of esters is 1. The molecule has 0 unspecified atom stereocenters. The van der Waals surface area contributed by atoms with Crippen molar-refractivity contribution >= 4 is 21.9 Å². The van der Waals surface area contributed by atoms with Gasteiger partial charge in [0.2, 0.25) is 0 Å². The second-order valence-corrected chi connectivity index (χ2v) is 5.30. The minimum atomic E-state index is -1.19. The molecule has 0 bridgehead atoms. The second-order valence-electron chi connectivity index (χ2n) is 4.39. The van der Waals surface area contributed by atoms with Crippen LogP contribution in [0.5, 0.6) is 0 Å². The van der Waals surface area contributed by atoms with Crippen molar-refractivity contribution in [2.75, 3.05) is 19.8 Å². The predicted octanol–water partition coefficient (Wildman–Crippen LogP) is 2.63. The predicted molar refractivity (Wildman–Crippen MR) is 75.8 cm³/mol. The third-order valence-corrected chi connectivity index (χ3v) is 3.16. The van der Waals surface area contributed by atoms with Crippen molar-refractivity contribution < 1.29 is 19.4 Å². The summed E-state index contributed by atoms with van der Waals surface area (Å²) in [5.41, 5.74) is -0.490. The van der Waals surface area contributed by atoms with Gasteiger partial charge in [-0.2, -0.15) is 0 Å². The average Bonchev–Trinajstić information content (AvgIpc) is 2.37. The fourth-order valence-corrected chi connectivity index (χ4v) is 1.75. The number of aliphatic hydroxyl groups is 1. The molecule has 4 nitrogen and oxygen atoms in total. The molecule has 0 aromatic heterocycles. The van der Waals surface area contributed by atoms with Gasteiger partial charge >= 0.3 is 5.97 Å². The van der Waals surface area contributed by atoms with Gasteiger partial charge in [0.05, 0.1) is 13.0 Å². The minimum Gasteiger partial charge on any atom is -0.462 e. The maximum absolute atomic E-state index is 11.4. The third-order valence-electron chi connectivity index (χ3n) is 2.63. The molecular weight excluding hydrogens is 312 g/mol. The molecule has 1 rings (SSSR count). The fourth-order valence-electron chi connectivity index (χ4n) is 1.49. The Labute approximate surface area is 121 Å². The van der Waals surface area contributed by atoms with Gasteiger partial charge in [0.15, 0.2) is 0 Å². The van der Waals surface area contributed by atoms with Gasteiger partial charge in [0.25, 0.3) is 0 Å². The first-order valence-electron chi connectivity index (χ1n) is 6.17. The summed E-state index contributed by atoms with van der Waals surface area (Å²) in [7, 11) is 0. The minimum absolute atomic E-state index is 0.0699. The molecule has 0 fully saturated rings. The van der Waals surface area contributed by atoms with Crippen LogP contribution in [0.2, 0.25) is 0 Å². The first-order chi connectivity index (χ1) is 8.95. The highest BCUT2D eigenvalue weighted by atomic mass is 79.9. The zero-order valence-electron chi connectivity index (χ0n) is 11.2. The summed E-state index contributed by atoms with van der Waals surface area (Å²) in [5, 5.41) is 10.3. The monoisotopic (exact) mass is 330 g/mol. The van der Waals surface area contributed by atoms with Gasteiger partial charge in [-0.15, -0.1) is 0 Å². The number of carbonyl (C=O) groups excluding carboxylic acids is 1. The van der Waals surface area contributed by atoms with Crippen LogP contribution in [0.1, 0.15) is 25.8 Å². The van der Waals surface area contributed by atoms with Crippen LogP contribution in [0.4, 0.5) is 0 Å². The van der Waals surface area contributed by atoms with Crippen LogP contribution in [0.15, 0.2) is 28.7 Å². The van der Waals surface area contributed by atoms with E-state index in [1.807, 2.05) is 19.1 Å². The van der Waals surface area contributed by atoms with Gasteiger partial charge in [-0.3, -0.25) is 4.79 Å². The molecule has 1 N–H and O–H groups in total. The highest BCUT2D eigenvalue weighted by Gasteiger charge is 2.25. The second kappa shape index (κ2) is 7.62. The Hall–Kier alpha value is -0.910. The van der Waals surface area contributed by atoms with Gasteiger partial charge in [-0.05, 0) is 31.5 Å². The highest BCUT2D eigenvalue weighted by Crippen LogP contribution is 2.23. The van der Waals surface area contributed by atoms with Crippen molar-refractivity contribution in [2.24, 2.45) is 0 Å². The molecule has 0 saturated carbocycles. The maximum atomic E-state index is 11.4. The molecular formula is C14H19BrO4. The quantitative estimate of drug-likeness (QED) is 0.616. The summed E-state index contributed by atoms with van der Waals surface area (Å²) >= 11 is 3.33.